The van der Waals surface area contributed by atoms with Crippen molar-refractivity contribution in [2.75, 3.05) is 12.3 Å². The number of aliphatic hydroxyl groups is 2. The van der Waals surface area contributed by atoms with Gasteiger partial charge in [0.2, 0.25) is 0 Å². The van der Waals surface area contributed by atoms with E-state index >= 15 is 8.78 Å². The molecule has 10 atom stereocenters. The molecule has 0 radical (unpaired) electrons. The van der Waals surface area contributed by atoms with Gasteiger partial charge in [0.25, 0.3) is 0 Å². The Bertz CT molecular complexity index is 1690. The average molecular weight is 636 g/mol. The molecule has 0 amide bonds. The molecule has 0 bridgehead atoms. The molecular formula is C35H35F2NO8. The monoisotopic (exact) mass is 635 g/mol. The van der Waals surface area contributed by atoms with Crippen LogP contribution in [0.25, 0.3) is 0 Å². The maximum Gasteiger partial charge on any atom is 0.343 e. The van der Waals surface area contributed by atoms with Crippen LogP contribution in [0.2, 0.25) is 0 Å². The van der Waals surface area contributed by atoms with Gasteiger partial charge in [0.1, 0.15) is 18.5 Å². The second-order valence-electron chi connectivity index (χ2n) is 13.6. The molecule has 3 saturated carbocycles. The molecule has 5 aliphatic rings. The number of allylic oxidation sites excluding steroid dienone is 4. The highest BCUT2D eigenvalue weighted by molar-refractivity contribution is 6.01. The number of hydrogen-bond acceptors (Lipinski definition) is 9. The number of carbonyl (C=O) groups excluding carboxylic acids is 3. The van der Waals surface area contributed by atoms with Crippen LogP contribution < -0.4 is 10.5 Å². The van der Waals surface area contributed by atoms with E-state index in [2.05, 4.69) is 0 Å². The summed E-state index contributed by atoms with van der Waals surface area (Å²) in [5.74, 6) is -3.13. The lowest BCUT2D eigenvalue weighted by Gasteiger charge is -2.63. The third-order valence-corrected chi connectivity index (χ3v) is 11.4. The van der Waals surface area contributed by atoms with Crippen LogP contribution in [0.3, 0.4) is 0 Å². The SMILES string of the molecule is C[C@]12C=CC(=O)C=C1[C@@H](F)C[C@H]1[C@@H]3C[C@H]4O[C@@H](c5ccc(C(=O)Oc6cccc(N)c6)cc5)O[C@@]4(C(=O)CO)[C@@]3(C)C[C@H](O)[C@@]12F. The number of nitrogens with two attached hydrogens (primary N) is 1. The molecule has 0 aromatic heterocycles. The highest BCUT2D eigenvalue weighted by atomic mass is 19.1. The first-order chi connectivity index (χ1) is 21.8. The summed E-state index contributed by atoms with van der Waals surface area (Å²) in [5.41, 5.74) is 0.0314. The molecule has 9 nitrogen and oxygen atoms in total. The number of halogens is 2. The van der Waals surface area contributed by atoms with Crippen LogP contribution >= 0.6 is 0 Å². The van der Waals surface area contributed by atoms with Crippen LogP contribution in [-0.2, 0) is 19.1 Å². The molecule has 242 valence electrons. The van der Waals surface area contributed by atoms with E-state index in [-0.39, 0.29) is 36.1 Å². The predicted octanol–water partition coefficient (Wildman–Crippen LogP) is 4.13. The fourth-order valence-corrected chi connectivity index (χ4v) is 9.24. The normalized spacial score (nSPS) is 40.7. The Labute approximate surface area is 264 Å². The van der Waals surface area contributed by atoms with Crippen molar-refractivity contribution in [3.63, 3.8) is 0 Å². The number of hydrogen-bond donors (Lipinski definition) is 3. The molecule has 4 aliphatic carbocycles. The third kappa shape index (κ3) is 4.01. The molecule has 11 heteroatoms. The summed E-state index contributed by atoms with van der Waals surface area (Å²) in [4.78, 5) is 38.5. The van der Waals surface area contributed by atoms with Gasteiger partial charge in [-0.15, -0.1) is 0 Å². The minimum Gasteiger partial charge on any atom is -0.423 e. The van der Waals surface area contributed by atoms with Crippen LogP contribution in [0.5, 0.6) is 5.75 Å². The number of ether oxygens (including phenoxy) is 3. The predicted molar refractivity (Wildman–Crippen MR) is 160 cm³/mol. The van der Waals surface area contributed by atoms with Gasteiger partial charge >= 0.3 is 5.97 Å². The molecule has 1 saturated heterocycles. The molecule has 4 fully saturated rings. The van der Waals surface area contributed by atoms with Crippen molar-refractivity contribution in [2.45, 2.75) is 69.0 Å². The van der Waals surface area contributed by atoms with E-state index < -0.39 is 82.7 Å². The number of esters is 1. The molecular weight excluding hydrogens is 600 g/mol. The number of rotatable bonds is 5. The second-order valence-corrected chi connectivity index (χ2v) is 13.6. The van der Waals surface area contributed by atoms with Gasteiger partial charge in [-0.1, -0.05) is 31.2 Å². The average Bonchev–Trinajstić information content (AvgIpc) is 3.52. The lowest BCUT2D eigenvalue weighted by molar-refractivity contribution is -0.235. The van der Waals surface area contributed by atoms with E-state index in [1.807, 2.05) is 0 Å². The second kappa shape index (κ2) is 10.4. The Kier molecular flexibility index (Phi) is 6.95. The summed E-state index contributed by atoms with van der Waals surface area (Å²) >= 11 is 0. The summed E-state index contributed by atoms with van der Waals surface area (Å²) in [6.45, 7) is 2.34. The number of fused-ring (bicyclic) bond motifs is 7. The number of aliphatic hydroxyl groups excluding tert-OH is 2. The zero-order valence-corrected chi connectivity index (χ0v) is 25.3. The van der Waals surface area contributed by atoms with Crippen LogP contribution in [0.15, 0.2) is 72.3 Å². The van der Waals surface area contributed by atoms with Gasteiger partial charge in [0, 0.05) is 34.1 Å². The van der Waals surface area contributed by atoms with Gasteiger partial charge in [-0.25, -0.2) is 13.6 Å². The summed E-state index contributed by atoms with van der Waals surface area (Å²) < 4.78 is 51.5. The minimum atomic E-state index is -2.33. The number of nitrogen functional groups attached to an aromatic ring is 1. The van der Waals surface area contributed by atoms with Crippen molar-refractivity contribution in [1.82, 2.24) is 0 Å². The first-order valence-corrected chi connectivity index (χ1v) is 15.4. The number of alkyl halides is 2. The molecule has 0 spiro atoms. The van der Waals surface area contributed by atoms with Gasteiger partial charge < -0.3 is 30.2 Å². The maximum atomic E-state index is 17.5. The number of ketones is 2. The van der Waals surface area contributed by atoms with Gasteiger partial charge in [0.15, 0.2) is 29.1 Å². The van der Waals surface area contributed by atoms with Gasteiger partial charge in [-0.2, -0.15) is 0 Å². The van der Waals surface area contributed by atoms with Crippen LogP contribution in [0, 0.1) is 22.7 Å². The molecule has 1 heterocycles. The third-order valence-electron chi connectivity index (χ3n) is 11.4. The Morgan fingerprint density at radius 2 is 1.85 bits per heavy atom. The van der Waals surface area contributed by atoms with Crippen LogP contribution in [-0.4, -0.2) is 64.0 Å². The first-order valence-electron chi connectivity index (χ1n) is 15.4. The quantitative estimate of drug-likeness (QED) is 0.251. The van der Waals surface area contributed by atoms with Gasteiger partial charge in [0.05, 0.1) is 17.8 Å². The fraction of sp³-hybridized carbons (Fsp3) is 0.457. The van der Waals surface area contributed by atoms with Crippen molar-refractivity contribution in [1.29, 1.82) is 0 Å². The largest absolute Gasteiger partial charge is 0.423 e. The number of Topliss-reactive ketones (excluding diaryl/α,β-unsaturated/α-hetero) is 1. The van der Waals surface area contributed by atoms with E-state index in [9.17, 15) is 24.6 Å². The first kappa shape index (κ1) is 30.9. The van der Waals surface area contributed by atoms with E-state index in [0.717, 1.165) is 6.08 Å². The summed E-state index contributed by atoms with van der Waals surface area (Å²) in [6, 6.07) is 12.7. The van der Waals surface area contributed by atoms with E-state index in [1.54, 1.807) is 37.3 Å². The Hall–Kier alpha value is -3.77. The van der Waals surface area contributed by atoms with Crippen molar-refractivity contribution < 1.29 is 47.6 Å². The Morgan fingerprint density at radius 1 is 1.11 bits per heavy atom. The lowest BCUT2D eigenvalue weighted by atomic mass is 9.44. The lowest BCUT2D eigenvalue weighted by Crippen LogP contribution is -2.70. The molecule has 1 aliphatic heterocycles. The number of anilines is 1. The van der Waals surface area contributed by atoms with Gasteiger partial charge in [-0.3, -0.25) is 9.59 Å². The smallest absolute Gasteiger partial charge is 0.343 e. The number of benzene rings is 2. The topological polar surface area (TPSA) is 145 Å². The highest BCUT2D eigenvalue weighted by Crippen LogP contribution is 2.72. The zero-order chi connectivity index (χ0) is 32.8. The molecule has 2 aromatic rings. The Balaban J connectivity index is 1.19. The van der Waals surface area contributed by atoms with Crippen LogP contribution in [0.1, 0.15) is 55.3 Å². The Morgan fingerprint density at radius 3 is 2.54 bits per heavy atom. The van der Waals surface area contributed by atoms with Crippen molar-refractivity contribution in [3.05, 3.63) is 83.5 Å². The molecule has 0 unspecified atom stereocenters. The molecule has 4 N–H and O–H groups in total. The fourth-order valence-electron chi connectivity index (χ4n) is 9.24. The van der Waals surface area contributed by atoms with E-state index in [1.165, 1.54) is 37.3 Å². The summed E-state index contributed by atoms with van der Waals surface area (Å²) in [7, 11) is 0. The number of carbonyl (C=O) groups is 3. The maximum absolute atomic E-state index is 17.5. The van der Waals surface area contributed by atoms with Crippen LogP contribution in [0.4, 0.5) is 14.5 Å². The zero-order valence-electron chi connectivity index (χ0n) is 25.3. The molecule has 46 heavy (non-hydrogen) atoms. The van der Waals surface area contributed by atoms with Crippen molar-refractivity contribution >= 4 is 23.2 Å². The summed E-state index contributed by atoms with van der Waals surface area (Å²) in [5, 5.41) is 21.8. The van der Waals surface area contributed by atoms with E-state index in [4.69, 9.17) is 19.9 Å². The van der Waals surface area contributed by atoms with Crippen molar-refractivity contribution in [3.8, 4) is 5.75 Å². The molecule has 2 aromatic carbocycles. The molecule has 7 rings (SSSR count). The van der Waals surface area contributed by atoms with Gasteiger partial charge in [-0.05, 0) is 74.1 Å². The van der Waals surface area contributed by atoms with Crippen molar-refractivity contribution in [2.24, 2.45) is 22.7 Å². The standard InChI is InChI=1S/C35H35F2NO8/c1-32-11-10-21(40)13-25(32)26(36)14-24-23-15-29-35(28(42)17-39,33(23,2)16-27(41)34(24,32)37)46-31(45-29)19-8-6-18(7-9-19)30(43)44-22-5-3-4-20(38)12-22/h3-13,23-24,26-27,29,31,39,41H,14-17,38H2,1-2H3/t23-,24-,26-,27-,29+,31+,32-,33-,34-,35+/m0/s1. The highest BCUT2D eigenvalue weighted by Gasteiger charge is 2.80. The minimum absolute atomic E-state index is 0.00790. The van der Waals surface area contributed by atoms with E-state index in [0.29, 0.717) is 11.3 Å². The summed E-state index contributed by atoms with van der Waals surface area (Å²) in [6.07, 6.45) is -1.98.